The Bertz CT molecular complexity index is 408. The number of rotatable bonds is 5. The number of anilines is 2. The van der Waals surface area contributed by atoms with Gasteiger partial charge in [0, 0.05) is 20.1 Å². The van der Waals surface area contributed by atoms with Gasteiger partial charge >= 0.3 is 5.69 Å². The number of hydrogen-bond acceptors (Lipinski definition) is 6. The number of nitrogens with zero attached hydrogens (tertiary/aromatic N) is 4. The van der Waals surface area contributed by atoms with Gasteiger partial charge in [-0.1, -0.05) is 6.92 Å². The van der Waals surface area contributed by atoms with Crippen molar-refractivity contribution in [2.75, 3.05) is 24.3 Å². The summed E-state index contributed by atoms with van der Waals surface area (Å²) in [6, 6.07) is 0.124. The Morgan fingerprint density at radius 1 is 1.53 bits per heavy atom. The van der Waals surface area contributed by atoms with Crippen LogP contribution in [0.1, 0.15) is 20.3 Å². The Balaban J connectivity index is 3.20. The van der Waals surface area contributed by atoms with Crippen molar-refractivity contribution in [1.82, 2.24) is 9.97 Å². The largest absolute Gasteiger partial charge is 0.362 e. The molecule has 94 valence electrons. The highest BCUT2D eigenvalue weighted by atomic mass is 16.6. The van der Waals surface area contributed by atoms with Gasteiger partial charge in [0.25, 0.3) is 0 Å². The fourth-order valence-corrected chi connectivity index (χ4v) is 1.31. The van der Waals surface area contributed by atoms with E-state index >= 15 is 0 Å². The van der Waals surface area contributed by atoms with Crippen molar-refractivity contribution in [1.29, 1.82) is 0 Å². The van der Waals surface area contributed by atoms with Crippen LogP contribution in [0, 0.1) is 10.1 Å². The van der Waals surface area contributed by atoms with E-state index in [2.05, 4.69) is 15.3 Å². The lowest BCUT2D eigenvalue weighted by Crippen LogP contribution is -2.19. The second-order valence-electron chi connectivity index (χ2n) is 4.00. The van der Waals surface area contributed by atoms with Crippen molar-refractivity contribution in [3.63, 3.8) is 0 Å². The van der Waals surface area contributed by atoms with E-state index in [0.717, 1.165) is 6.42 Å². The molecule has 7 nitrogen and oxygen atoms in total. The molecule has 1 aromatic heterocycles. The van der Waals surface area contributed by atoms with E-state index in [-0.39, 0.29) is 17.5 Å². The second-order valence-corrected chi connectivity index (χ2v) is 4.00. The number of hydrogen-bond donors (Lipinski definition) is 1. The van der Waals surface area contributed by atoms with Gasteiger partial charge in [-0.05, 0) is 13.3 Å². The minimum atomic E-state index is -0.458. The molecular weight excluding hydrogens is 222 g/mol. The molecule has 1 N–H and O–H groups in total. The lowest BCUT2D eigenvalue weighted by atomic mass is 10.2. The van der Waals surface area contributed by atoms with Crippen LogP contribution < -0.4 is 10.2 Å². The molecule has 0 fully saturated rings. The molecule has 1 heterocycles. The predicted octanol–water partition coefficient (Wildman–Crippen LogP) is 1.66. The Kier molecular flexibility index (Phi) is 4.19. The molecule has 0 aromatic carbocycles. The van der Waals surface area contributed by atoms with Crippen LogP contribution in [0.2, 0.25) is 0 Å². The van der Waals surface area contributed by atoms with Crippen LogP contribution >= 0.6 is 0 Å². The van der Waals surface area contributed by atoms with Gasteiger partial charge in [-0.25, -0.2) is 9.97 Å². The number of nitro groups is 1. The van der Waals surface area contributed by atoms with Crippen molar-refractivity contribution in [2.24, 2.45) is 0 Å². The molecule has 0 amide bonds. The summed E-state index contributed by atoms with van der Waals surface area (Å²) in [5, 5.41) is 14.1. The summed E-state index contributed by atoms with van der Waals surface area (Å²) in [7, 11) is 3.42. The molecule has 1 rings (SSSR count). The van der Waals surface area contributed by atoms with Crippen LogP contribution in [0.3, 0.4) is 0 Å². The molecular formula is C10H17N5O2. The van der Waals surface area contributed by atoms with E-state index in [1.807, 2.05) is 13.8 Å². The topological polar surface area (TPSA) is 84.2 Å². The van der Waals surface area contributed by atoms with E-state index in [4.69, 9.17) is 0 Å². The molecule has 0 aliphatic carbocycles. The SMILES string of the molecule is CCC(C)Nc1ncnc(N(C)C)c1[N+](=O)[O-]. The first kappa shape index (κ1) is 13.1. The summed E-state index contributed by atoms with van der Waals surface area (Å²) in [6.45, 7) is 3.94. The van der Waals surface area contributed by atoms with Gasteiger partial charge < -0.3 is 10.2 Å². The molecule has 0 aliphatic rings. The molecule has 0 spiro atoms. The first-order valence-electron chi connectivity index (χ1n) is 5.40. The Hall–Kier alpha value is -1.92. The third-order valence-electron chi connectivity index (χ3n) is 2.40. The van der Waals surface area contributed by atoms with Crippen molar-refractivity contribution >= 4 is 17.3 Å². The van der Waals surface area contributed by atoms with E-state index in [1.165, 1.54) is 6.33 Å². The normalized spacial score (nSPS) is 12.0. The van der Waals surface area contributed by atoms with E-state index in [9.17, 15) is 10.1 Å². The third-order valence-corrected chi connectivity index (χ3v) is 2.40. The molecule has 0 bridgehead atoms. The highest BCUT2D eigenvalue weighted by Gasteiger charge is 2.24. The molecule has 0 radical (unpaired) electrons. The van der Waals surface area contributed by atoms with Gasteiger partial charge in [-0.15, -0.1) is 0 Å². The predicted molar refractivity (Wildman–Crippen MR) is 66.4 cm³/mol. The van der Waals surface area contributed by atoms with Crippen LogP contribution in [0.5, 0.6) is 0 Å². The van der Waals surface area contributed by atoms with Crippen LogP contribution in [0.25, 0.3) is 0 Å². The monoisotopic (exact) mass is 239 g/mol. The summed E-state index contributed by atoms with van der Waals surface area (Å²) in [5.74, 6) is 0.568. The molecule has 17 heavy (non-hydrogen) atoms. The zero-order valence-corrected chi connectivity index (χ0v) is 10.5. The third kappa shape index (κ3) is 3.02. The smallest absolute Gasteiger partial charge is 0.353 e. The van der Waals surface area contributed by atoms with Gasteiger partial charge in [-0.3, -0.25) is 10.1 Å². The fourth-order valence-electron chi connectivity index (χ4n) is 1.31. The number of nitrogens with one attached hydrogen (secondary N) is 1. The minimum absolute atomic E-state index is 0.0854. The molecule has 0 saturated carbocycles. The van der Waals surface area contributed by atoms with Crippen molar-refractivity contribution < 1.29 is 4.92 Å². The Morgan fingerprint density at radius 2 is 2.18 bits per heavy atom. The fraction of sp³-hybridized carbons (Fsp3) is 0.600. The first-order valence-corrected chi connectivity index (χ1v) is 5.40. The second kappa shape index (κ2) is 5.42. The van der Waals surface area contributed by atoms with Crippen LogP contribution in [0.4, 0.5) is 17.3 Å². The molecule has 0 aliphatic heterocycles. The van der Waals surface area contributed by atoms with E-state index < -0.39 is 4.92 Å². The highest BCUT2D eigenvalue weighted by molar-refractivity contribution is 5.69. The zero-order chi connectivity index (χ0) is 13.0. The van der Waals surface area contributed by atoms with Gasteiger partial charge in [0.05, 0.1) is 4.92 Å². The maximum atomic E-state index is 11.1. The first-order chi connectivity index (χ1) is 7.97. The Labute approximate surface area is 100 Å². The molecule has 1 aromatic rings. The average molecular weight is 239 g/mol. The summed E-state index contributed by atoms with van der Waals surface area (Å²) in [5.41, 5.74) is -0.0854. The van der Waals surface area contributed by atoms with Gasteiger partial charge in [0.1, 0.15) is 6.33 Å². The quantitative estimate of drug-likeness (QED) is 0.621. The maximum Gasteiger partial charge on any atom is 0.353 e. The van der Waals surface area contributed by atoms with Crippen LogP contribution in [-0.4, -0.2) is 35.0 Å². The summed E-state index contributed by atoms with van der Waals surface area (Å²) in [4.78, 5) is 20.1. The van der Waals surface area contributed by atoms with Crippen molar-refractivity contribution in [3.8, 4) is 0 Å². The Morgan fingerprint density at radius 3 is 2.65 bits per heavy atom. The maximum absolute atomic E-state index is 11.1. The van der Waals surface area contributed by atoms with Gasteiger partial charge in [-0.2, -0.15) is 0 Å². The van der Waals surface area contributed by atoms with Crippen molar-refractivity contribution in [3.05, 3.63) is 16.4 Å². The lowest BCUT2D eigenvalue weighted by Gasteiger charge is -2.15. The van der Waals surface area contributed by atoms with Crippen LogP contribution in [0.15, 0.2) is 6.33 Å². The minimum Gasteiger partial charge on any atom is -0.362 e. The molecule has 1 unspecified atom stereocenters. The number of aromatic nitrogens is 2. The summed E-state index contributed by atoms with van der Waals surface area (Å²) < 4.78 is 0. The molecule has 7 heteroatoms. The van der Waals surface area contributed by atoms with Gasteiger partial charge in [0.15, 0.2) is 0 Å². The lowest BCUT2D eigenvalue weighted by molar-refractivity contribution is -0.383. The van der Waals surface area contributed by atoms with Gasteiger partial charge in [0.2, 0.25) is 11.6 Å². The van der Waals surface area contributed by atoms with E-state index in [0.29, 0.717) is 5.82 Å². The standard InChI is InChI=1S/C10H17N5O2/c1-5-7(2)13-9-8(15(16)17)10(14(3)4)12-6-11-9/h6-7H,5H2,1-4H3,(H,11,12,13). The molecule has 0 saturated heterocycles. The van der Waals surface area contributed by atoms with E-state index in [1.54, 1.807) is 19.0 Å². The summed E-state index contributed by atoms with van der Waals surface area (Å²) >= 11 is 0. The average Bonchev–Trinajstić information content (AvgIpc) is 2.28. The zero-order valence-electron chi connectivity index (χ0n) is 10.5. The van der Waals surface area contributed by atoms with Crippen LogP contribution in [-0.2, 0) is 0 Å². The molecule has 1 atom stereocenters. The summed E-state index contributed by atoms with van der Waals surface area (Å²) in [6.07, 6.45) is 2.19. The van der Waals surface area contributed by atoms with Crippen molar-refractivity contribution in [2.45, 2.75) is 26.3 Å². The highest BCUT2D eigenvalue weighted by Crippen LogP contribution is 2.30.